The van der Waals surface area contributed by atoms with Crippen LogP contribution in [-0.4, -0.2) is 275 Å². The Kier molecular flexibility index (Phi) is 32.9. The molecule has 1 aliphatic heterocycles. The van der Waals surface area contributed by atoms with Gasteiger partial charge in [-0.25, -0.2) is 9.78 Å². The Balaban J connectivity index is 2.33. The van der Waals surface area contributed by atoms with E-state index in [-0.39, 0.29) is 74.4 Å². The van der Waals surface area contributed by atoms with Gasteiger partial charge < -0.3 is 75.3 Å². The number of carbonyl (C=O) groups is 12. The lowest BCUT2D eigenvalue weighted by molar-refractivity contribution is -0.157. The molecule has 1 fully saturated rings. The molecule has 6 N–H and O–H groups in total. The van der Waals surface area contributed by atoms with Gasteiger partial charge in [0.05, 0.1) is 29.2 Å². The molecule has 1 saturated heterocycles. The number of amides is 11. The lowest BCUT2D eigenvalue weighted by atomic mass is 9.91. The first kappa shape index (κ1) is 85.5. The zero-order valence-electron chi connectivity index (χ0n) is 63.8. The Morgan fingerprint density at radius 2 is 1.03 bits per heavy atom. The van der Waals surface area contributed by atoms with E-state index in [0.717, 1.165) is 9.80 Å². The largest absolute Gasteiger partial charge is 0.461 e. The summed E-state index contributed by atoms with van der Waals surface area (Å²) in [5, 5.41) is 23.7. The standard InChI is InChI=1S/C71H120N14O14/c1-26-48-66(93)79(19)37-56(86)80(20)51(31-38(2)3)63(90)77-57(42(10)11)69(96)81(21)52(32-39(4)5)62(89)72-45(15)61(88)73-46(16)65(92)82(22)53(33-40(6)7)67(94)83(23)54(34-41(8)9)68(95)84(24)58(43(12)13)70(97)85(25)59(64(91)76-48)60(87)44(14)35-55-74-49-28-27-47(36-50(49)75-55)71(98)99-30-29-78(17)18/h27-28,36,38-46,48,51-54,57-60,87H,26,29-35,37H2,1-25H3,(H,72,89)(H,73,88)(H,74,75)(H,76,91)(H,77,90)/t44-,45+,46-,48+,51+,52+,53+,54+,57+,58+,59+,60-/m1/s1. The number of benzene rings is 1. The summed E-state index contributed by atoms with van der Waals surface area (Å²) in [6, 6.07) is -8.09. The first-order chi connectivity index (χ1) is 45.9. The van der Waals surface area contributed by atoms with Gasteiger partial charge in [-0.3, -0.25) is 52.7 Å². The maximum absolute atomic E-state index is 15.5. The van der Waals surface area contributed by atoms with Crippen LogP contribution in [0.1, 0.15) is 159 Å². The van der Waals surface area contributed by atoms with Gasteiger partial charge >= 0.3 is 5.97 Å². The molecule has 28 nitrogen and oxygen atoms in total. The summed E-state index contributed by atoms with van der Waals surface area (Å²) in [5.41, 5.74) is 1.25. The minimum atomic E-state index is -1.77. The molecule has 0 unspecified atom stereocenters. The van der Waals surface area contributed by atoms with Crippen LogP contribution in [0.4, 0.5) is 0 Å². The van der Waals surface area contributed by atoms with Crippen molar-refractivity contribution in [2.24, 2.45) is 41.4 Å². The summed E-state index contributed by atoms with van der Waals surface area (Å²) in [6.45, 7) is 27.9. The number of fused-ring (bicyclic) bond motifs is 1. The molecule has 1 aromatic carbocycles. The van der Waals surface area contributed by atoms with E-state index < -0.39 is 162 Å². The molecule has 0 bridgehead atoms. The smallest absolute Gasteiger partial charge is 0.338 e. The van der Waals surface area contributed by atoms with Gasteiger partial charge in [-0.1, -0.05) is 96.9 Å². The number of carbonyl (C=O) groups excluding carboxylic acids is 12. The summed E-state index contributed by atoms with van der Waals surface area (Å²) in [5.74, 6) is -10.8. The molecule has 1 aromatic heterocycles. The average molecular weight is 1390 g/mol. The first-order valence-electron chi connectivity index (χ1n) is 34.9. The number of aliphatic hydroxyl groups excluding tert-OH is 1. The minimum Gasteiger partial charge on any atom is -0.461 e. The summed E-state index contributed by atoms with van der Waals surface area (Å²) >= 11 is 0. The molecule has 558 valence electrons. The van der Waals surface area contributed by atoms with Crippen LogP contribution in [0.5, 0.6) is 0 Å². The number of esters is 1. The fourth-order valence-corrected chi connectivity index (χ4v) is 12.3. The van der Waals surface area contributed by atoms with E-state index in [1.54, 1.807) is 59.7 Å². The van der Waals surface area contributed by atoms with Crippen molar-refractivity contribution in [3.63, 3.8) is 0 Å². The molecule has 3 rings (SSSR count). The molecule has 0 spiro atoms. The van der Waals surface area contributed by atoms with Crippen LogP contribution in [-0.2, 0) is 63.9 Å². The Hall–Kier alpha value is -7.75. The van der Waals surface area contributed by atoms with E-state index in [2.05, 4.69) is 26.3 Å². The van der Waals surface area contributed by atoms with Crippen LogP contribution < -0.4 is 21.3 Å². The Bertz CT molecular complexity index is 3130. The lowest BCUT2D eigenvalue weighted by Gasteiger charge is -2.41. The van der Waals surface area contributed by atoms with E-state index >= 15 is 19.2 Å². The molecular formula is C71H120N14O14. The third-order valence-corrected chi connectivity index (χ3v) is 18.4. The van der Waals surface area contributed by atoms with Crippen LogP contribution in [0.15, 0.2) is 18.2 Å². The maximum Gasteiger partial charge on any atom is 0.338 e. The number of likely N-dealkylation sites (N-methyl/N-ethyl adjacent to an activating group) is 8. The van der Waals surface area contributed by atoms with E-state index in [1.165, 1.54) is 87.7 Å². The summed E-state index contributed by atoms with van der Waals surface area (Å²) < 4.78 is 5.45. The first-order valence-corrected chi connectivity index (χ1v) is 34.9. The van der Waals surface area contributed by atoms with Gasteiger partial charge in [0.1, 0.15) is 72.8 Å². The second kappa shape index (κ2) is 38.2. The van der Waals surface area contributed by atoms with E-state index in [4.69, 9.17) is 9.72 Å². The number of ether oxygens (including phenoxy) is 1. The predicted molar refractivity (Wildman–Crippen MR) is 378 cm³/mol. The normalized spacial score (nSPS) is 24.7. The molecule has 2 aromatic rings. The van der Waals surface area contributed by atoms with Crippen LogP contribution in [0, 0.1) is 41.4 Å². The molecule has 0 saturated carbocycles. The fraction of sp³-hybridized carbons (Fsp3) is 0.732. The summed E-state index contributed by atoms with van der Waals surface area (Å²) in [4.78, 5) is 194. The molecule has 1 aliphatic rings. The number of aromatic amines is 1. The molecule has 11 amide bonds. The number of rotatable bonds is 19. The number of aliphatic hydroxyl groups is 1. The Morgan fingerprint density at radius 3 is 1.54 bits per heavy atom. The van der Waals surface area contributed by atoms with Crippen molar-refractivity contribution in [3.05, 3.63) is 29.6 Å². The van der Waals surface area contributed by atoms with E-state index in [1.807, 2.05) is 74.4 Å². The quantitative estimate of drug-likeness (QED) is 0.110. The third-order valence-electron chi connectivity index (χ3n) is 18.4. The molecular weight excluding hydrogens is 1270 g/mol. The highest BCUT2D eigenvalue weighted by atomic mass is 16.5. The molecule has 0 radical (unpaired) electrons. The van der Waals surface area contributed by atoms with Crippen LogP contribution in [0.3, 0.4) is 0 Å². The van der Waals surface area contributed by atoms with E-state index in [9.17, 15) is 43.5 Å². The highest BCUT2D eigenvalue weighted by molar-refractivity contribution is 6.00. The highest BCUT2D eigenvalue weighted by Gasteiger charge is 2.46. The molecule has 12 atom stereocenters. The number of hydrogen-bond acceptors (Lipinski definition) is 16. The lowest BCUT2D eigenvalue weighted by Crippen LogP contribution is -2.63. The summed E-state index contributed by atoms with van der Waals surface area (Å²) in [6.07, 6.45) is -1.26. The average Bonchev–Trinajstić information content (AvgIpc) is 1.50. The Labute approximate surface area is 587 Å². The third kappa shape index (κ3) is 23.4. The van der Waals surface area contributed by atoms with Gasteiger partial charge in [0.2, 0.25) is 65.0 Å². The SMILES string of the molecule is CC[C@@H]1NC(=O)[C@H]([C@H](O)[C@H](C)Cc2nc3ccc(C(=O)OCCN(C)C)cc3[nH]2)N(C)C(=O)[C@H](C(C)C)N(C)C(=O)[C@H](CC(C)C)N(C)C(=O)[C@H](CC(C)C)N(C)C(=O)[C@@H](C)NC(=O)[C@H](C)NC(=O)[C@H](CC(C)C)N(C)C(=O)[C@H](C(C)C)NC(=O)[C@H](CC(C)C)N(C)C(=O)CN(C)C1=O. The van der Waals surface area contributed by atoms with Crippen LogP contribution in [0.25, 0.3) is 11.0 Å². The predicted octanol–water partition coefficient (Wildman–Crippen LogP) is 3.14. The van der Waals surface area contributed by atoms with Crippen LogP contribution in [0.2, 0.25) is 0 Å². The van der Waals surface area contributed by atoms with Gasteiger partial charge in [-0.2, -0.15) is 0 Å². The maximum atomic E-state index is 15.5. The monoisotopic (exact) mass is 1390 g/mol. The van der Waals surface area contributed by atoms with Crippen molar-refractivity contribution in [2.45, 2.75) is 216 Å². The minimum absolute atomic E-state index is 0.00801. The topological polar surface area (TPSA) is 337 Å². The van der Waals surface area contributed by atoms with Crippen molar-refractivity contribution in [2.75, 3.05) is 83.1 Å². The Morgan fingerprint density at radius 1 is 0.556 bits per heavy atom. The van der Waals surface area contributed by atoms with Crippen molar-refractivity contribution in [1.29, 1.82) is 0 Å². The summed E-state index contributed by atoms with van der Waals surface area (Å²) in [7, 11) is 13.5. The van der Waals surface area contributed by atoms with Gasteiger partial charge in [0, 0.05) is 62.3 Å². The van der Waals surface area contributed by atoms with Crippen molar-refractivity contribution >= 4 is 82.0 Å². The highest BCUT2D eigenvalue weighted by Crippen LogP contribution is 2.27. The second-order valence-electron chi connectivity index (χ2n) is 29.8. The molecule has 2 heterocycles. The molecule has 28 heteroatoms. The zero-order valence-corrected chi connectivity index (χ0v) is 63.8. The van der Waals surface area contributed by atoms with Gasteiger partial charge in [-0.15, -0.1) is 0 Å². The number of hydrogen-bond donors (Lipinski definition) is 6. The number of H-pyrrole nitrogens is 1. The molecule has 0 aliphatic carbocycles. The van der Waals surface area contributed by atoms with Crippen molar-refractivity contribution in [1.82, 2.24) is 70.4 Å². The van der Waals surface area contributed by atoms with Crippen molar-refractivity contribution in [3.8, 4) is 0 Å². The number of nitrogens with zero attached hydrogens (tertiary/aromatic N) is 9. The fourth-order valence-electron chi connectivity index (χ4n) is 12.3. The number of imidazole rings is 1. The van der Waals surface area contributed by atoms with Gasteiger partial charge in [-0.05, 0) is 120 Å². The van der Waals surface area contributed by atoms with Gasteiger partial charge in [0.15, 0.2) is 0 Å². The number of aromatic nitrogens is 2. The number of nitrogens with one attached hydrogen (secondary N) is 5. The van der Waals surface area contributed by atoms with Gasteiger partial charge in [0.25, 0.3) is 0 Å². The molecule has 99 heavy (non-hydrogen) atoms. The second-order valence-corrected chi connectivity index (χ2v) is 29.8. The zero-order chi connectivity index (χ0) is 75.7. The van der Waals surface area contributed by atoms with Crippen LogP contribution >= 0.6 is 0 Å². The van der Waals surface area contributed by atoms with E-state index in [0.29, 0.717) is 23.4 Å². The van der Waals surface area contributed by atoms with Crippen molar-refractivity contribution < 1.29 is 67.4 Å².